The number of pyridine rings is 1. The van der Waals surface area contributed by atoms with Crippen molar-refractivity contribution in [3.8, 4) is 0 Å². The fraction of sp³-hybridized carbons (Fsp3) is 0.429. The Morgan fingerprint density at radius 2 is 2.00 bits per heavy atom. The summed E-state index contributed by atoms with van der Waals surface area (Å²) in [5.41, 5.74) is 2.34. The van der Waals surface area contributed by atoms with Crippen molar-refractivity contribution in [2.75, 3.05) is 26.8 Å². The number of piperidine rings is 1. The Bertz CT molecular complexity index is 678. The molecule has 0 N–H and O–H groups in total. The summed E-state index contributed by atoms with van der Waals surface area (Å²) in [7, 11) is 1.56. The zero-order valence-electron chi connectivity index (χ0n) is 15.2. The largest absolute Gasteiger partial charge is 0.375 e. The van der Waals surface area contributed by atoms with Crippen LogP contribution in [0.1, 0.15) is 17.5 Å². The van der Waals surface area contributed by atoms with Crippen molar-refractivity contribution < 1.29 is 14.3 Å². The van der Waals surface area contributed by atoms with Gasteiger partial charge in [-0.05, 0) is 30.0 Å². The van der Waals surface area contributed by atoms with Crippen molar-refractivity contribution >= 4 is 5.91 Å². The number of hydrogen-bond acceptors (Lipinski definition) is 4. The van der Waals surface area contributed by atoms with Crippen molar-refractivity contribution in [3.05, 3.63) is 66.0 Å². The van der Waals surface area contributed by atoms with E-state index in [1.807, 2.05) is 29.3 Å². The van der Waals surface area contributed by atoms with Gasteiger partial charge in [0.2, 0.25) is 5.91 Å². The number of likely N-dealkylation sites (tertiary alicyclic amines) is 1. The smallest absolute Gasteiger partial charge is 0.248 e. The normalized spacial score (nSPS) is 20.1. The Kier molecular flexibility index (Phi) is 6.75. The monoisotopic (exact) mass is 354 g/mol. The quantitative estimate of drug-likeness (QED) is 0.767. The first-order valence-corrected chi connectivity index (χ1v) is 9.07. The number of benzene rings is 1. The standard InChI is InChI=1S/C21H26N2O3/c1-25-16-21(24)23-11-9-20(26-15-18-8-5-10-22-13-18)19(14-23)12-17-6-3-2-4-7-17/h2-8,10,13,19-20H,9,11-12,14-16H2,1H3/t19-,20-/m1/s1. The van der Waals surface area contributed by atoms with Gasteiger partial charge < -0.3 is 14.4 Å². The molecule has 2 heterocycles. The van der Waals surface area contributed by atoms with Crippen LogP contribution in [0.2, 0.25) is 0 Å². The molecule has 1 aliphatic heterocycles. The Morgan fingerprint density at radius 1 is 1.19 bits per heavy atom. The average Bonchev–Trinajstić information content (AvgIpc) is 2.69. The van der Waals surface area contributed by atoms with E-state index in [-0.39, 0.29) is 24.5 Å². The first-order chi connectivity index (χ1) is 12.8. The second-order valence-electron chi connectivity index (χ2n) is 6.72. The molecule has 1 saturated heterocycles. The number of amides is 1. The molecule has 5 nitrogen and oxygen atoms in total. The summed E-state index contributed by atoms with van der Waals surface area (Å²) in [4.78, 5) is 18.3. The van der Waals surface area contributed by atoms with E-state index in [9.17, 15) is 4.79 Å². The van der Waals surface area contributed by atoms with Gasteiger partial charge in [0, 0.05) is 38.5 Å². The average molecular weight is 354 g/mol. The van der Waals surface area contributed by atoms with Gasteiger partial charge >= 0.3 is 0 Å². The number of hydrogen-bond donors (Lipinski definition) is 0. The second kappa shape index (κ2) is 9.46. The molecule has 138 valence electrons. The van der Waals surface area contributed by atoms with E-state index in [0.29, 0.717) is 19.7 Å². The molecule has 0 saturated carbocycles. The molecule has 1 fully saturated rings. The van der Waals surface area contributed by atoms with Gasteiger partial charge in [-0.1, -0.05) is 36.4 Å². The number of carbonyl (C=O) groups excluding carboxylic acids is 1. The summed E-state index contributed by atoms with van der Waals surface area (Å²) in [5.74, 6) is 0.319. The van der Waals surface area contributed by atoms with Crippen molar-refractivity contribution in [2.45, 2.75) is 25.6 Å². The van der Waals surface area contributed by atoms with Crippen molar-refractivity contribution in [2.24, 2.45) is 5.92 Å². The Balaban J connectivity index is 1.66. The zero-order valence-corrected chi connectivity index (χ0v) is 15.2. The van der Waals surface area contributed by atoms with Crippen LogP contribution in [0.3, 0.4) is 0 Å². The lowest BCUT2D eigenvalue weighted by Gasteiger charge is -2.38. The predicted octanol–water partition coefficient (Wildman–Crippen LogP) is 2.70. The molecular formula is C21H26N2O3. The summed E-state index contributed by atoms with van der Waals surface area (Å²) >= 11 is 0. The molecular weight excluding hydrogens is 328 g/mol. The van der Waals surface area contributed by atoms with Gasteiger partial charge in [0.25, 0.3) is 0 Å². The van der Waals surface area contributed by atoms with E-state index < -0.39 is 0 Å². The van der Waals surface area contributed by atoms with E-state index in [4.69, 9.17) is 9.47 Å². The van der Waals surface area contributed by atoms with E-state index in [0.717, 1.165) is 18.4 Å². The van der Waals surface area contributed by atoms with Crippen LogP contribution >= 0.6 is 0 Å². The van der Waals surface area contributed by atoms with Crippen LogP contribution in [-0.4, -0.2) is 48.7 Å². The predicted molar refractivity (Wildman–Crippen MR) is 99.5 cm³/mol. The molecule has 1 aliphatic rings. The minimum atomic E-state index is 0.0521. The van der Waals surface area contributed by atoms with E-state index in [1.54, 1.807) is 13.3 Å². The number of aromatic nitrogens is 1. The maximum Gasteiger partial charge on any atom is 0.248 e. The fourth-order valence-electron chi connectivity index (χ4n) is 3.47. The summed E-state index contributed by atoms with van der Waals surface area (Å²) in [5, 5.41) is 0. The number of ether oxygens (including phenoxy) is 2. The van der Waals surface area contributed by atoms with Crippen molar-refractivity contribution in [1.82, 2.24) is 9.88 Å². The van der Waals surface area contributed by atoms with Crippen LogP contribution in [0, 0.1) is 5.92 Å². The van der Waals surface area contributed by atoms with Crippen LogP contribution in [0.15, 0.2) is 54.9 Å². The lowest BCUT2D eigenvalue weighted by molar-refractivity contribution is -0.140. The second-order valence-corrected chi connectivity index (χ2v) is 6.72. The number of methoxy groups -OCH3 is 1. The maximum absolute atomic E-state index is 12.2. The van der Waals surface area contributed by atoms with Gasteiger partial charge in [-0.25, -0.2) is 0 Å². The molecule has 1 aromatic carbocycles. The van der Waals surface area contributed by atoms with Gasteiger partial charge in [-0.3, -0.25) is 9.78 Å². The van der Waals surface area contributed by atoms with Crippen LogP contribution in [0.5, 0.6) is 0 Å². The molecule has 0 bridgehead atoms. The SMILES string of the molecule is COCC(=O)N1CC[C@@H](OCc2cccnc2)[C@H](Cc2ccccc2)C1. The maximum atomic E-state index is 12.2. The topological polar surface area (TPSA) is 51.7 Å². The molecule has 5 heteroatoms. The Hall–Kier alpha value is -2.24. The molecule has 0 spiro atoms. The first kappa shape index (κ1) is 18.5. The minimum absolute atomic E-state index is 0.0521. The summed E-state index contributed by atoms with van der Waals surface area (Å²) in [6, 6.07) is 14.3. The summed E-state index contributed by atoms with van der Waals surface area (Å²) in [6.45, 7) is 2.11. The molecule has 0 unspecified atom stereocenters. The lowest BCUT2D eigenvalue weighted by Crippen LogP contribution is -2.48. The molecule has 2 atom stereocenters. The highest BCUT2D eigenvalue weighted by atomic mass is 16.5. The van der Waals surface area contributed by atoms with Crippen LogP contribution in [0.4, 0.5) is 0 Å². The van der Waals surface area contributed by atoms with Gasteiger partial charge in [-0.2, -0.15) is 0 Å². The van der Waals surface area contributed by atoms with Crippen LogP contribution in [0.25, 0.3) is 0 Å². The highest BCUT2D eigenvalue weighted by Crippen LogP contribution is 2.25. The summed E-state index contributed by atoms with van der Waals surface area (Å²) in [6.07, 6.45) is 5.47. The molecule has 1 amide bonds. The molecule has 3 rings (SSSR count). The van der Waals surface area contributed by atoms with Gasteiger partial charge in [0.1, 0.15) is 6.61 Å². The third-order valence-corrected chi connectivity index (χ3v) is 4.81. The minimum Gasteiger partial charge on any atom is -0.375 e. The van der Waals surface area contributed by atoms with Gasteiger partial charge in [0.05, 0.1) is 12.7 Å². The number of nitrogens with zero attached hydrogens (tertiary/aromatic N) is 2. The molecule has 0 radical (unpaired) electrons. The van der Waals surface area contributed by atoms with E-state index >= 15 is 0 Å². The number of rotatable bonds is 7. The van der Waals surface area contributed by atoms with Gasteiger partial charge in [0.15, 0.2) is 0 Å². The number of carbonyl (C=O) groups is 1. The zero-order chi connectivity index (χ0) is 18.2. The molecule has 0 aliphatic carbocycles. The molecule has 1 aromatic heterocycles. The third-order valence-electron chi connectivity index (χ3n) is 4.81. The summed E-state index contributed by atoms with van der Waals surface area (Å²) < 4.78 is 11.2. The lowest BCUT2D eigenvalue weighted by atomic mass is 9.88. The Labute approximate surface area is 155 Å². The third kappa shape index (κ3) is 5.13. The van der Waals surface area contributed by atoms with Crippen molar-refractivity contribution in [3.63, 3.8) is 0 Å². The highest BCUT2D eigenvalue weighted by Gasteiger charge is 2.32. The van der Waals surface area contributed by atoms with Crippen LogP contribution in [-0.2, 0) is 27.3 Å². The van der Waals surface area contributed by atoms with E-state index in [1.165, 1.54) is 5.56 Å². The molecule has 2 aromatic rings. The highest BCUT2D eigenvalue weighted by molar-refractivity contribution is 5.77. The first-order valence-electron chi connectivity index (χ1n) is 9.07. The fourth-order valence-corrected chi connectivity index (χ4v) is 3.47. The van der Waals surface area contributed by atoms with Crippen molar-refractivity contribution in [1.29, 1.82) is 0 Å². The van der Waals surface area contributed by atoms with E-state index in [2.05, 4.69) is 29.2 Å². The van der Waals surface area contributed by atoms with Gasteiger partial charge in [-0.15, -0.1) is 0 Å². The van der Waals surface area contributed by atoms with Crippen LogP contribution < -0.4 is 0 Å². The Morgan fingerprint density at radius 3 is 2.73 bits per heavy atom. The molecule has 26 heavy (non-hydrogen) atoms.